The topological polar surface area (TPSA) is 75.1 Å². The minimum absolute atomic E-state index is 0.0354. The predicted molar refractivity (Wildman–Crippen MR) is 79.1 cm³/mol. The number of hydrogen-bond acceptors (Lipinski definition) is 4. The minimum Gasteiger partial charge on any atom is -0.477 e. The first-order valence-electron chi connectivity index (χ1n) is 4.83. The van der Waals surface area contributed by atoms with Crippen molar-refractivity contribution in [3.05, 3.63) is 44.3 Å². The molecule has 0 atom stereocenters. The van der Waals surface area contributed by atoms with E-state index in [4.69, 9.17) is 5.11 Å². The van der Waals surface area contributed by atoms with E-state index in [2.05, 4.69) is 53.8 Å². The molecular formula is C11H7BrIN3O2. The third-order valence-corrected chi connectivity index (χ3v) is 3.56. The Morgan fingerprint density at radius 2 is 2.22 bits per heavy atom. The van der Waals surface area contributed by atoms with E-state index in [0.29, 0.717) is 0 Å². The summed E-state index contributed by atoms with van der Waals surface area (Å²) in [4.78, 5) is 18.7. The Labute approximate surface area is 125 Å². The van der Waals surface area contributed by atoms with E-state index in [9.17, 15) is 4.79 Å². The molecule has 1 aromatic heterocycles. The molecule has 0 saturated carbocycles. The van der Waals surface area contributed by atoms with Gasteiger partial charge in [0.2, 0.25) is 0 Å². The van der Waals surface area contributed by atoms with E-state index in [1.807, 2.05) is 18.2 Å². The number of aromatic nitrogens is 2. The van der Waals surface area contributed by atoms with Crippen LogP contribution in [0.2, 0.25) is 0 Å². The van der Waals surface area contributed by atoms with Crippen molar-refractivity contribution in [2.24, 2.45) is 0 Å². The molecule has 0 saturated heterocycles. The molecule has 1 aromatic carbocycles. The van der Waals surface area contributed by atoms with Crippen LogP contribution in [0, 0.1) is 3.57 Å². The van der Waals surface area contributed by atoms with Gasteiger partial charge in [-0.3, -0.25) is 0 Å². The number of carbonyl (C=O) groups is 1. The van der Waals surface area contributed by atoms with Crippen LogP contribution in [0.3, 0.4) is 0 Å². The lowest BCUT2D eigenvalue weighted by molar-refractivity contribution is 0.0697. The van der Waals surface area contributed by atoms with Gasteiger partial charge in [0, 0.05) is 14.2 Å². The molecule has 0 bridgehead atoms. The van der Waals surface area contributed by atoms with Gasteiger partial charge in [-0.2, -0.15) is 0 Å². The van der Waals surface area contributed by atoms with Gasteiger partial charge in [0.15, 0.2) is 0 Å². The summed E-state index contributed by atoms with van der Waals surface area (Å²) in [5.74, 6) is -0.795. The molecule has 5 nitrogen and oxygen atoms in total. The van der Waals surface area contributed by atoms with Crippen molar-refractivity contribution < 1.29 is 9.90 Å². The Morgan fingerprint density at radius 3 is 2.94 bits per heavy atom. The standard InChI is InChI=1S/C11H7BrIN3O2/c12-6-1-2-8(13)9(3-6)16-10-7(11(17)18)4-14-5-15-10/h1-5H,(H,17,18)(H,14,15,16). The molecule has 2 N–H and O–H groups in total. The summed E-state index contributed by atoms with van der Waals surface area (Å²) < 4.78 is 1.86. The fraction of sp³-hybridized carbons (Fsp3) is 0. The highest BCUT2D eigenvalue weighted by Gasteiger charge is 2.12. The van der Waals surface area contributed by atoms with Gasteiger partial charge < -0.3 is 10.4 Å². The molecule has 0 spiro atoms. The number of hydrogen-bond donors (Lipinski definition) is 2. The SMILES string of the molecule is O=C(O)c1cncnc1Nc1cc(Br)ccc1I. The van der Waals surface area contributed by atoms with Gasteiger partial charge in [-0.1, -0.05) is 15.9 Å². The molecule has 0 fully saturated rings. The van der Waals surface area contributed by atoms with Gasteiger partial charge in [-0.15, -0.1) is 0 Å². The lowest BCUT2D eigenvalue weighted by atomic mass is 10.3. The highest BCUT2D eigenvalue weighted by Crippen LogP contribution is 2.26. The van der Waals surface area contributed by atoms with Crippen molar-refractivity contribution in [2.75, 3.05) is 5.32 Å². The van der Waals surface area contributed by atoms with Crippen molar-refractivity contribution >= 4 is 56.0 Å². The first kappa shape index (κ1) is 13.2. The molecule has 0 aliphatic carbocycles. The summed E-state index contributed by atoms with van der Waals surface area (Å²) in [7, 11) is 0. The zero-order valence-corrected chi connectivity index (χ0v) is 12.6. The smallest absolute Gasteiger partial charge is 0.341 e. The van der Waals surface area contributed by atoms with Gasteiger partial charge in [0.25, 0.3) is 0 Å². The summed E-state index contributed by atoms with van der Waals surface area (Å²) in [6.45, 7) is 0. The number of rotatable bonds is 3. The number of carboxylic acids is 1. The largest absolute Gasteiger partial charge is 0.477 e. The van der Waals surface area contributed by atoms with Crippen LogP contribution in [-0.4, -0.2) is 21.0 Å². The fourth-order valence-electron chi connectivity index (χ4n) is 1.31. The Balaban J connectivity index is 2.40. The number of benzene rings is 1. The van der Waals surface area contributed by atoms with E-state index < -0.39 is 5.97 Å². The van der Waals surface area contributed by atoms with E-state index in [-0.39, 0.29) is 11.4 Å². The molecule has 0 radical (unpaired) electrons. The zero-order valence-electron chi connectivity index (χ0n) is 8.89. The van der Waals surface area contributed by atoms with Crippen molar-refractivity contribution in [1.29, 1.82) is 0 Å². The summed E-state index contributed by atoms with van der Waals surface area (Å²) in [5, 5.41) is 12.0. The summed E-state index contributed by atoms with van der Waals surface area (Å²) in [6.07, 6.45) is 2.57. The maximum Gasteiger partial charge on any atom is 0.341 e. The van der Waals surface area contributed by atoms with Crippen LogP contribution in [0.4, 0.5) is 11.5 Å². The normalized spacial score (nSPS) is 10.1. The van der Waals surface area contributed by atoms with E-state index in [1.165, 1.54) is 12.5 Å². The number of aromatic carboxylic acids is 1. The molecule has 7 heteroatoms. The summed E-state index contributed by atoms with van der Waals surface area (Å²) >= 11 is 5.52. The van der Waals surface area contributed by atoms with Crippen LogP contribution in [0.15, 0.2) is 35.2 Å². The number of anilines is 2. The lowest BCUT2D eigenvalue weighted by Crippen LogP contribution is -2.06. The predicted octanol–water partition coefficient (Wildman–Crippen LogP) is 3.29. The molecule has 0 amide bonds. The number of carboxylic acid groups (broad SMARTS) is 1. The minimum atomic E-state index is -1.07. The van der Waals surface area contributed by atoms with Crippen LogP contribution in [0.1, 0.15) is 10.4 Å². The van der Waals surface area contributed by atoms with Gasteiger partial charge in [0.1, 0.15) is 17.7 Å². The van der Waals surface area contributed by atoms with Crippen molar-refractivity contribution in [3.63, 3.8) is 0 Å². The van der Waals surface area contributed by atoms with Gasteiger partial charge in [-0.25, -0.2) is 14.8 Å². The number of halogens is 2. The third kappa shape index (κ3) is 2.96. The van der Waals surface area contributed by atoms with E-state index >= 15 is 0 Å². The zero-order chi connectivity index (χ0) is 13.1. The van der Waals surface area contributed by atoms with Crippen LogP contribution in [0.25, 0.3) is 0 Å². The second-order valence-corrected chi connectivity index (χ2v) is 5.42. The monoisotopic (exact) mass is 419 g/mol. The molecule has 92 valence electrons. The van der Waals surface area contributed by atoms with Crippen molar-refractivity contribution in [2.45, 2.75) is 0 Å². The average Bonchev–Trinajstić information content (AvgIpc) is 2.34. The first-order chi connectivity index (χ1) is 8.58. The quantitative estimate of drug-likeness (QED) is 0.746. The maximum absolute atomic E-state index is 11.0. The molecule has 0 unspecified atom stereocenters. The Morgan fingerprint density at radius 1 is 1.44 bits per heavy atom. The van der Waals surface area contributed by atoms with E-state index in [0.717, 1.165) is 13.7 Å². The first-order valence-corrected chi connectivity index (χ1v) is 6.70. The highest BCUT2D eigenvalue weighted by molar-refractivity contribution is 14.1. The Bertz CT molecular complexity index is 607. The van der Waals surface area contributed by atoms with Crippen LogP contribution in [-0.2, 0) is 0 Å². The van der Waals surface area contributed by atoms with Crippen LogP contribution < -0.4 is 5.32 Å². The molecule has 18 heavy (non-hydrogen) atoms. The highest BCUT2D eigenvalue weighted by atomic mass is 127. The van der Waals surface area contributed by atoms with Crippen molar-refractivity contribution in [3.8, 4) is 0 Å². The maximum atomic E-state index is 11.0. The number of nitrogens with zero attached hydrogens (tertiary/aromatic N) is 2. The molecule has 0 aliphatic rings. The molecule has 0 aliphatic heterocycles. The number of nitrogens with one attached hydrogen (secondary N) is 1. The molecule has 2 rings (SSSR count). The second kappa shape index (κ2) is 5.61. The van der Waals surface area contributed by atoms with E-state index in [1.54, 1.807) is 0 Å². The average molecular weight is 420 g/mol. The molecule has 2 aromatic rings. The second-order valence-electron chi connectivity index (χ2n) is 3.34. The van der Waals surface area contributed by atoms with Gasteiger partial charge in [-0.05, 0) is 40.8 Å². The third-order valence-electron chi connectivity index (χ3n) is 2.12. The summed E-state index contributed by atoms with van der Waals surface area (Å²) in [5.41, 5.74) is 0.819. The van der Waals surface area contributed by atoms with Gasteiger partial charge in [0.05, 0.1) is 5.69 Å². The van der Waals surface area contributed by atoms with Crippen molar-refractivity contribution in [1.82, 2.24) is 9.97 Å². The molecule has 1 heterocycles. The van der Waals surface area contributed by atoms with Gasteiger partial charge >= 0.3 is 5.97 Å². The fourth-order valence-corrected chi connectivity index (χ4v) is 2.14. The Hall–Kier alpha value is -1.22. The van der Waals surface area contributed by atoms with Crippen LogP contribution >= 0.6 is 38.5 Å². The summed E-state index contributed by atoms with van der Waals surface area (Å²) in [6, 6.07) is 5.68. The Kier molecular flexibility index (Phi) is 4.12. The lowest BCUT2D eigenvalue weighted by Gasteiger charge is -2.09. The molecular weight excluding hydrogens is 413 g/mol. The van der Waals surface area contributed by atoms with Crippen LogP contribution in [0.5, 0.6) is 0 Å².